The summed E-state index contributed by atoms with van der Waals surface area (Å²) in [7, 11) is -2.85. The van der Waals surface area contributed by atoms with Crippen molar-refractivity contribution in [2.45, 2.75) is 63.8 Å². The third kappa shape index (κ3) is 4.62. The molecular weight excluding hydrogens is 306 g/mol. The number of nitrogens with zero attached hydrogens (tertiary/aromatic N) is 1. The predicted octanol–water partition coefficient (Wildman–Crippen LogP) is 2.33. The zero-order chi connectivity index (χ0) is 15.6. The third-order valence-corrected chi connectivity index (χ3v) is 8.03. The van der Waals surface area contributed by atoms with E-state index >= 15 is 0 Å². The molecule has 0 aromatic rings. The second-order valence-electron chi connectivity index (χ2n) is 6.49. The highest BCUT2D eigenvalue weighted by atomic mass is 32.2. The van der Waals surface area contributed by atoms with Crippen molar-refractivity contribution in [3.8, 4) is 0 Å². The van der Waals surface area contributed by atoms with E-state index in [1.54, 1.807) is 0 Å². The molecule has 4 nitrogen and oxygen atoms in total. The van der Waals surface area contributed by atoms with Crippen LogP contribution in [-0.2, 0) is 14.6 Å². The number of sulfone groups is 1. The van der Waals surface area contributed by atoms with Gasteiger partial charge in [0.2, 0.25) is 5.91 Å². The van der Waals surface area contributed by atoms with Gasteiger partial charge in [0.25, 0.3) is 0 Å². The van der Waals surface area contributed by atoms with Gasteiger partial charge in [-0.15, -0.1) is 11.8 Å². The first-order valence-corrected chi connectivity index (χ1v) is 10.8. The maximum Gasteiger partial charge on any atom is 0.233 e. The van der Waals surface area contributed by atoms with Crippen LogP contribution in [0.15, 0.2) is 0 Å². The minimum Gasteiger partial charge on any atom is -0.336 e. The number of rotatable bonds is 7. The van der Waals surface area contributed by atoms with Crippen LogP contribution in [0.1, 0.15) is 46.5 Å². The minimum atomic E-state index is -2.85. The molecule has 1 aliphatic carbocycles. The number of amides is 1. The van der Waals surface area contributed by atoms with E-state index in [9.17, 15) is 13.2 Å². The van der Waals surface area contributed by atoms with Crippen molar-refractivity contribution < 1.29 is 13.2 Å². The van der Waals surface area contributed by atoms with Gasteiger partial charge in [-0.05, 0) is 32.1 Å². The molecule has 0 unspecified atom stereocenters. The molecule has 1 heterocycles. The fourth-order valence-electron chi connectivity index (χ4n) is 2.89. The van der Waals surface area contributed by atoms with Crippen LogP contribution in [-0.4, -0.2) is 53.8 Å². The third-order valence-electron chi connectivity index (χ3n) is 4.77. The first-order valence-electron chi connectivity index (χ1n) is 7.97. The van der Waals surface area contributed by atoms with Gasteiger partial charge in [-0.1, -0.05) is 20.3 Å². The summed E-state index contributed by atoms with van der Waals surface area (Å²) in [6.45, 7) is 6.51. The topological polar surface area (TPSA) is 54.5 Å². The summed E-state index contributed by atoms with van der Waals surface area (Å²) in [6.07, 6.45) is 4.01. The Bertz CT molecular complexity index is 473. The van der Waals surface area contributed by atoms with Crippen molar-refractivity contribution in [2.24, 2.45) is 5.92 Å². The van der Waals surface area contributed by atoms with Crippen LogP contribution in [0.3, 0.4) is 0 Å². The van der Waals surface area contributed by atoms with E-state index in [1.807, 2.05) is 0 Å². The molecule has 2 fully saturated rings. The van der Waals surface area contributed by atoms with Gasteiger partial charge < -0.3 is 4.90 Å². The zero-order valence-electron chi connectivity index (χ0n) is 13.2. The van der Waals surface area contributed by atoms with Crippen LogP contribution >= 0.6 is 11.8 Å². The Kier molecular flexibility index (Phi) is 5.63. The molecule has 0 radical (unpaired) electrons. The summed E-state index contributed by atoms with van der Waals surface area (Å²) in [5, 5.41) is 0.110. The molecule has 1 saturated heterocycles. The SMILES string of the molecule is CC[C@H](C)[C@H](C)N(C(=O)CS[C@@H]1CCS(=O)(=O)C1)C1CC1. The van der Waals surface area contributed by atoms with Crippen LogP contribution in [0.4, 0.5) is 0 Å². The summed E-state index contributed by atoms with van der Waals surface area (Å²) < 4.78 is 22.9. The Morgan fingerprint density at radius 1 is 1.29 bits per heavy atom. The lowest BCUT2D eigenvalue weighted by molar-refractivity contribution is -0.132. The highest BCUT2D eigenvalue weighted by Crippen LogP contribution is 2.33. The highest BCUT2D eigenvalue weighted by Gasteiger charge is 2.37. The van der Waals surface area contributed by atoms with Crippen molar-refractivity contribution in [1.82, 2.24) is 4.90 Å². The van der Waals surface area contributed by atoms with Gasteiger partial charge in [0.1, 0.15) is 0 Å². The normalized spacial score (nSPS) is 27.3. The number of carbonyl (C=O) groups excluding carboxylic acids is 1. The smallest absolute Gasteiger partial charge is 0.233 e. The van der Waals surface area contributed by atoms with E-state index in [0.29, 0.717) is 24.1 Å². The Morgan fingerprint density at radius 3 is 2.43 bits per heavy atom. The van der Waals surface area contributed by atoms with E-state index in [4.69, 9.17) is 0 Å². The lowest BCUT2D eigenvalue weighted by atomic mass is 9.99. The largest absolute Gasteiger partial charge is 0.336 e. The highest BCUT2D eigenvalue weighted by molar-refractivity contribution is 8.02. The van der Waals surface area contributed by atoms with Gasteiger partial charge in [0.05, 0.1) is 17.3 Å². The summed E-state index contributed by atoms with van der Waals surface area (Å²) in [5.74, 6) is 1.66. The molecule has 0 aromatic heterocycles. The Hall–Kier alpha value is -0.230. The average Bonchev–Trinajstić information content (AvgIpc) is 3.19. The van der Waals surface area contributed by atoms with E-state index in [0.717, 1.165) is 19.3 Å². The first-order chi connectivity index (χ1) is 9.84. The van der Waals surface area contributed by atoms with Crippen LogP contribution in [0.2, 0.25) is 0 Å². The van der Waals surface area contributed by atoms with Crippen LogP contribution in [0.5, 0.6) is 0 Å². The number of thioether (sulfide) groups is 1. The monoisotopic (exact) mass is 333 g/mol. The molecule has 2 aliphatic rings. The predicted molar refractivity (Wildman–Crippen MR) is 88.3 cm³/mol. The summed E-state index contributed by atoms with van der Waals surface area (Å²) in [6, 6.07) is 0.706. The molecule has 3 atom stereocenters. The van der Waals surface area contributed by atoms with Crippen molar-refractivity contribution in [1.29, 1.82) is 0 Å². The van der Waals surface area contributed by atoms with Gasteiger partial charge in [0.15, 0.2) is 9.84 Å². The molecule has 0 aromatic carbocycles. The average molecular weight is 334 g/mol. The molecule has 1 aliphatic heterocycles. The van der Waals surface area contributed by atoms with Crippen molar-refractivity contribution in [3.05, 3.63) is 0 Å². The quantitative estimate of drug-likeness (QED) is 0.717. The second kappa shape index (κ2) is 6.90. The van der Waals surface area contributed by atoms with Crippen LogP contribution in [0, 0.1) is 5.92 Å². The van der Waals surface area contributed by atoms with E-state index < -0.39 is 9.84 Å². The molecule has 6 heteroatoms. The lowest BCUT2D eigenvalue weighted by Crippen LogP contribution is -2.44. The van der Waals surface area contributed by atoms with Crippen molar-refractivity contribution in [3.63, 3.8) is 0 Å². The number of hydrogen-bond donors (Lipinski definition) is 0. The van der Waals surface area contributed by atoms with E-state index in [-0.39, 0.29) is 28.7 Å². The summed E-state index contributed by atoms with van der Waals surface area (Å²) in [5.41, 5.74) is 0. The second-order valence-corrected chi connectivity index (χ2v) is 10.0. The van der Waals surface area contributed by atoms with Gasteiger partial charge in [-0.3, -0.25) is 4.79 Å². The molecule has 1 saturated carbocycles. The molecular formula is C15H27NO3S2. The Morgan fingerprint density at radius 2 is 1.95 bits per heavy atom. The van der Waals surface area contributed by atoms with E-state index in [1.165, 1.54) is 11.8 Å². The molecule has 0 spiro atoms. The molecule has 21 heavy (non-hydrogen) atoms. The van der Waals surface area contributed by atoms with Gasteiger partial charge in [-0.2, -0.15) is 0 Å². The fraction of sp³-hybridized carbons (Fsp3) is 0.933. The fourth-order valence-corrected chi connectivity index (χ4v) is 6.40. The standard InChI is InChI=1S/C15H27NO3S2/c1-4-11(2)12(3)16(13-5-6-13)15(17)9-20-14-7-8-21(18,19)10-14/h11-14H,4-10H2,1-3H3/t11-,12-,14+/m0/s1. The number of carbonyl (C=O) groups is 1. The molecule has 0 N–H and O–H groups in total. The first kappa shape index (κ1) is 17.1. The number of hydrogen-bond acceptors (Lipinski definition) is 4. The minimum absolute atomic E-state index is 0.110. The molecule has 2 rings (SSSR count). The van der Waals surface area contributed by atoms with E-state index in [2.05, 4.69) is 25.7 Å². The lowest BCUT2D eigenvalue weighted by Gasteiger charge is -2.33. The zero-order valence-corrected chi connectivity index (χ0v) is 14.9. The van der Waals surface area contributed by atoms with Crippen molar-refractivity contribution >= 4 is 27.5 Å². The Labute approximate surface area is 133 Å². The molecule has 0 bridgehead atoms. The summed E-state index contributed by atoms with van der Waals surface area (Å²) >= 11 is 1.53. The van der Waals surface area contributed by atoms with Gasteiger partial charge in [-0.25, -0.2) is 8.42 Å². The van der Waals surface area contributed by atoms with Crippen LogP contribution < -0.4 is 0 Å². The maximum absolute atomic E-state index is 12.6. The summed E-state index contributed by atoms with van der Waals surface area (Å²) in [4.78, 5) is 14.6. The van der Waals surface area contributed by atoms with Gasteiger partial charge in [0, 0.05) is 17.3 Å². The van der Waals surface area contributed by atoms with Crippen LogP contribution in [0.25, 0.3) is 0 Å². The maximum atomic E-state index is 12.6. The Balaban J connectivity index is 1.88. The van der Waals surface area contributed by atoms with Gasteiger partial charge >= 0.3 is 0 Å². The molecule has 1 amide bonds. The molecule has 122 valence electrons. The van der Waals surface area contributed by atoms with Crippen molar-refractivity contribution in [2.75, 3.05) is 17.3 Å².